The van der Waals surface area contributed by atoms with Crippen molar-refractivity contribution in [2.45, 2.75) is 39.3 Å². The van der Waals surface area contributed by atoms with Gasteiger partial charge in [-0.15, -0.1) is 0 Å². The van der Waals surface area contributed by atoms with Gasteiger partial charge in [-0.2, -0.15) is 0 Å². The summed E-state index contributed by atoms with van der Waals surface area (Å²) in [6.07, 6.45) is 3.67. The van der Waals surface area contributed by atoms with Crippen LogP contribution in [0.4, 0.5) is 5.69 Å². The number of aromatic nitrogens is 1. The predicted molar refractivity (Wildman–Crippen MR) is 128 cm³/mol. The molecule has 30 heavy (non-hydrogen) atoms. The van der Waals surface area contributed by atoms with Crippen molar-refractivity contribution in [3.05, 3.63) is 89.7 Å². The second-order valence-electron chi connectivity index (χ2n) is 8.32. The number of rotatable bonds is 6. The lowest BCUT2D eigenvalue weighted by Crippen LogP contribution is -2.33. The molecule has 4 nitrogen and oxygen atoms in total. The maximum absolute atomic E-state index is 5.77. The number of methoxy groups -OCH3 is 1. The molecule has 3 aromatic rings. The highest BCUT2D eigenvalue weighted by Gasteiger charge is 2.15. The molecule has 0 unspecified atom stereocenters. The molecule has 1 aromatic heterocycles. The Kier molecular flexibility index (Phi) is 7.06. The Morgan fingerprint density at radius 2 is 1.63 bits per heavy atom. The Labute approximate surface area is 184 Å². The zero-order valence-corrected chi connectivity index (χ0v) is 18.9. The Morgan fingerprint density at radius 1 is 0.967 bits per heavy atom. The van der Waals surface area contributed by atoms with Crippen LogP contribution in [0.25, 0.3) is 0 Å². The third kappa shape index (κ3) is 6.04. The second-order valence-corrected chi connectivity index (χ2v) is 8.71. The molecule has 5 heteroatoms. The van der Waals surface area contributed by atoms with Crippen molar-refractivity contribution in [1.29, 1.82) is 0 Å². The third-order valence-electron chi connectivity index (χ3n) is 4.92. The van der Waals surface area contributed by atoms with Crippen molar-refractivity contribution in [3.63, 3.8) is 0 Å². The molecule has 0 amide bonds. The Morgan fingerprint density at radius 3 is 2.20 bits per heavy atom. The summed E-state index contributed by atoms with van der Waals surface area (Å²) in [6.45, 7) is 8.07. The van der Waals surface area contributed by atoms with Crippen molar-refractivity contribution < 1.29 is 4.74 Å². The smallest absolute Gasteiger partial charge is 0.174 e. The van der Waals surface area contributed by atoms with Gasteiger partial charge in [0.25, 0.3) is 0 Å². The lowest BCUT2D eigenvalue weighted by atomic mass is 9.87. The summed E-state index contributed by atoms with van der Waals surface area (Å²) in [7, 11) is 1.66. The molecule has 0 saturated heterocycles. The van der Waals surface area contributed by atoms with Gasteiger partial charge < -0.3 is 15.0 Å². The van der Waals surface area contributed by atoms with E-state index in [0.29, 0.717) is 18.2 Å². The zero-order chi connectivity index (χ0) is 21.6. The quantitative estimate of drug-likeness (QED) is 0.512. The highest BCUT2D eigenvalue weighted by Crippen LogP contribution is 2.23. The van der Waals surface area contributed by atoms with Gasteiger partial charge in [0.15, 0.2) is 5.11 Å². The first-order chi connectivity index (χ1) is 14.3. The summed E-state index contributed by atoms with van der Waals surface area (Å²) in [5.74, 6) is 0.817. The van der Waals surface area contributed by atoms with Crippen LogP contribution >= 0.6 is 12.2 Å². The van der Waals surface area contributed by atoms with Crippen molar-refractivity contribution in [1.82, 2.24) is 9.88 Å². The van der Waals surface area contributed by atoms with Crippen LogP contribution in [0.2, 0.25) is 0 Å². The van der Waals surface area contributed by atoms with E-state index < -0.39 is 0 Å². The molecule has 0 radical (unpaired) electrons. The summed E-state index contributed by atoms with van der Waals surface area (Å²) in [5, 5.41) is 4.02. The van der Waals surface area contributed by atoms with Gasteiger partial charge in [-0.3, -0.25) is 4.98 Å². The maximum Gasteiger partial charge on any atom is 0.174 e. The first-order valence-corrected chi connectivity index (χ1v) is 10.4. The molecule has 0 aliphatic carbocycles. The van der Waals surface area contributed by atoms with E-state index in [-0.39, 0.29) is 5.41 Å². The Hall–Kier alpha value is -2.92. The molecule has 0 saturated carbocycles. The van der Waals surface area contributed by atoms with Gasteiger partial charge in [-0.1, -0.05) is 51.1 Å². The molecule has 2 aromatic carbocycles. The summed E-state index contributed by atoms with van der Waals surface area (Å²) in [5.41, 5.74) is 4.72. The monoisotopic (exact) mass is 419 g/mol. The van der Waals surface area contributed by atoms with Crippen LogP contribution in [0.3, 0.4) is 0 Å². The zero-order valence-electron chi connectivity index (χ0n) is 18.1. The average molecular weight is 420 g/mol. The summed E-state index contributed by atoms with van der Waals surface area (Å²) in [6, 6.07) is 20.6. The van der Waals surface area contributed by atoms with Gasteiger partial charge in [0.1, 0.15) is 5.75 Å². The molecule has 0 spiro atoms. The minimum Gasteiger partial charge on any atom is -0.497 e. The first kappa shape index (κ1) is 21.8. The number of ether oxygens (including phenoxy) is 1. The lowest BCUT2D eigenvalue weighted by molar-refractivity contribution is 0.412. The van der Waals surface area contributed by atoms with Crippen LogP contribution in [-0.4, -0.2) is 22.1 Å². The van der Waals surface area contributed by atoms with E-state index in [1.807, 2.05) is 36.5 Å². The normalized spacial score (nSPS) is 11.1. The minimum absolute atomic E-state index is 0.138. The largest absolute Gasteiger partial charge is 0.497 e. The van der Waals surface area contributed by atoms with E-state index in [4.69, 9.17) is 17.0 Å². The van der Waals surface area contributed by atoms with E-state index in [1.165, 1.54) is 11.1 Å². The van der Waals surface area contributed by atoms with Crippen LogP contribution in [0.15, 0.2) is 73.1 Å². The van der Waals surface area contributed by atoms with Crippen molar-refractivity contribution >= 4 is 23.0 Å². The number of hydrogen-bond acceptors (Lipinski definition) is 3. The number of nitrogens with zero attached hydrogens (tertiary/aromatic N) is 2. The van der Waals surface area contributed by atoms with Gasteiger partial charge in [0.05, 0.1) is 7.11 Å². The third-order valence-corrected chi connectivity index (χ3v) is 5.28. The van der Waals surface area contributed by atoms with Crippen molar-refractivity contribution in [2.75, 3.05) is 12.4 Å². The van der Waals surface area contributed by atoms with Crippen LogP contribution in [0.1, 0.15) is 37.5 Å². The van der Waals surface area contributed by atoms with E-state index in [0.717, 1.165) is 17.0 Å². The van der Waals surface area contributed by atoms with Gasteiger partial charge in [-0.05, 0) is 64.7 Å². The van der Waals surface area contributed by atoms with Crippen LogP contribution in [0.5, 0.6) is 5.75 Å². The highest BCUT2D eigenvalue weighted by atomic mass is 32.1. The number of pyridine rings is 1. The Balaban J connectivity index is 1.77. The van der Waals surface area contributed by atoms with Crippen LogP contribution < -0.4 is 10.1 Å². The van der Waals surface area contributed by atoms with Crippen molar-refractivity contribution in [2.24, 2.45) is 0 Å². The molecule has 1 heterocycles. The molecule has 1 N–H and O–H groups in total. The fraction of sp³-hybridized carbons (Fsp3) is 0.280. The summed E-state index contributed by atoms with van der Waals surface area (Å²) in [4.78, 5) is 6.40. The minimum atomic E-state index is 0.138. The molecular weight excluding hydrogens is 390 g/mol. The molecule has 0 fully saturated rings. The highest BCUT2D eigenvalue weighted by molar-refractivity contribution is 7.80. The number of anilines is 1. The van der Waals surface area contributed by atoms with E-state index in [9.17, 15) is 0 Å². The van der Waals surface area contributed by atoms with Gasteiger partial charge in [0, 0.05) is 31.2 Å². The van der Waals surface area contributed by atoms with Gasteiger partial charge in [-0.25, -0.2) is 0 Å². The predicted octanol–water partition coefficient (Wildman–Crippen LogP) is 5.79. The topological polar surface area (TPSA) is 37.4 Å². The van der Waals surface area contributed by atoms with E-state index >= 15 is 0 Å². The van der Waals surface area contributed by atoms with Crippen LogP contribution in [-0.2, 0) is 18.5 Å². The number of nitrogens with one attached hydrogen (secondary N) is 1. The molecule has 156 valence electrons. The molecule has 3 rings (SSSR count). The molecule has 0 aliphatic rings. The fourth-order valence-electron chi connectivity index (χ4n) is 3.12. The van der Waals surface area contributed by atoms with Crippen molar-refractivity contribution in [3.8, 4) is 5.75 Å². The maximum atomic E-state index is 5.77. The number of hydrogen-bond donors (Lipinski definition) is 1. The summed E-state index contributed by atoms with van der Waals surface area (Å²) >= 11 is 5.77. The second kappa shape index (κ2) is 9.72. The average Bonchev–Trinajstić information content (AvgIpc) is 2.74. The molecule has 0 atom stereocenters. The summed E-state index contributed by atoms with van der Waals surface area (Å²) < 4.78 is 5.24. The van der Waals surface area contributed by atoms with Crippen LogP contribution in [0, 0.1) is 0 Å². The lowest BCUT2D eigenvalue weighted by Gasteiger charge is -2.27. The first-order valence-electron chi connectivity index (χ1n) is 10.0. The Bertz CT molecular complexity index is 948. The molecule has 0 aliphatic heterocycles. The number of benzene rings is 2. The van der Waals surface area contributed by atoms with Gasteiger partial charge in [0.2, 0.25) is 0 Å². The van der Waals surface area contributed by atoms with Gasteiger partial charge >= 0.3 is 0 Å². The van der Waals surface area contributed by atoms with E-state index in [2.05, 4.69) is 66.3 Å². The van der Waals surface area contributed by atoms with E-state index in [1.54, 1.807) is 13.3 Å². The standard InChI is InChI=1S/C25H29N3OS/c1-25(2,3)21-9-7-19(8-10-21)17-28(18-20-6-5-15-26-16-20)24(30)27-22-11-13-23(29-4)14-12-22/h5-16H,17-18H2,1-4H3,(H,27,30). The fourth-order valence-corrected chi connectivity index (χ4v) is 3.37. The molecular formula is C25H29N3OS. The molecule has 0 bridgehead atoms. The number of thiocarbonyl (C=S) groups is 1. The SMILES string of the molecule is COc1ccc(NC(=S)N(Cc2ccc(C(C)(C)C)cc2)Cc2cccnc2)cc1.